The Kier molecular flexibility index (Phi) is 1.77. The van der Waals surface area contributed by atoms with Crippen LogP contribution in [0.4, 0.5) is 5.82 Å². The van der Waals surface area contributed by atoms with Crippen LogP contribution in [0.1, 0.15) is 5.56 Å². The van der Waals surface area contributed by atoms with Gasteiger partial charge in [-0.15, -0.1) is 0 Å². The second-order valence-electron chi connectivity index (χ2n) is 3.81. The summed E-state index contributed by atoms with van der Waals surface area (Å²) >= 11 is 0. The molecule has 0 saturated heterocycles. The second-order valence-corrected chi connectivity index (χ2v) is 3.81. The number of benzene rings is 1. The van der Waals surface area contributed by atoms with Gasteiger partial charge in [-0.2, -0.15) is 0 Å². The molecule has 2 N–H and O–H groups in total. The van der Waals surface area contributed by atoms with Gasteiger partial charge < -0.3 is 5.73 Å². The first-order chi connectivity index (χ1) is 7.74. The van der Waals surface area contributed by atoms with Crippen molar-refractivity contribution in [3.63, 3.8) is 0 Å². The summed E-state index contributed by atoms with van der Waals surface area (Å²) in [6.45, 7) is 2.05. The predicted molar refractivity (Wildman–Crippen MR) is 64.0 cm³/mol. The van der Waals surface area contributed by atoms with E-state index in [0.717, 1.165) is 16.3 Å². The molecule has 0 aliphatic rings. The number of nitrogen functional groups attached to an aromatic ring is 1. The fraction of sp³-hybridized carbons (Fsp3) is 0.0833. The van der Waals surface area contributed by atoms with E-state index < -0.39 is 0 Å². The number of nitrogens with two attached hydrogens (primary N) is 1. The van der Waals surface area contributed by atoms with Crippen molar-refractivity contribution in [2.24, 2.45) is 0 Å². The highest BCUT2D eigenvalue weighted by Gasteiger charge is 2.04. The van der Waals surface area contributed by atoms with Crippen LogP contribution >= 0.6 is 0 Å². The fourth-order valence-electron chi connectivity index (χ4n) is 1.79. The number of fused-ring (bicyclic) bond motifs is 2. The minimum atomic E-state index is 0.473. The van der Waals surface area contributed by atoms with Gasteiger partial charge in [-0.05, 0) is 25.1 Å². The van der Waals surface area contributed by atoms with Crippen molar-refractivity contribution in [1.82, 2.24) is 15.0 Å². The number of hydrogen-bond acceptors (Lipinski definition) is 4. The van der Waals surface area contributed by atoms with Crippen LogP contribution in [0.25, 0.3) is 21.9 Å². The van der Waals surface area contributed by atoms with E-state index >= 15 is 0 Å². The molecular weight excluding hydrogens is 200 g/mol. The molecule has 78 valence electrons. The third-order valence-electron chi connectivity index (χ3n) is 2.60. The zero-order chi connectivity index (χ0) is 11.1. The van der Waals surface area contributed by atoms with Crippen LogP contribution in [0.2, 0.25) is 0 Å². The van der Waals surface area contributed by atoms with E-state index in [2.05, 4.69) is 27.9 Å². The Hall–Kier alpha value is -2.23. The van der Waals surface area contributed by atoms with Crippen molar-refractivity contribution in [1.29, 1.82) is 0 Å². The van der Waals surface area contributed by atoms with E-state index in [1.807, 2.05) is 18.2 Å². The third-order valence-corrected chi connectivity index (χ3v) is 2.60. The lowest BCUT2D eigenvalue weighted by Gasteiger charge is -2.03. The summed E-state index contributed by atoms with van der Waals surface area (Å²) in [4.78, 5) is 12.5. The maximum atomic E-state index is 5.79. The SMILES string of the molecule is Cc1ccc2nc3ncnc(N)c3cc2c1. The summed E-state index contributed by atoms with van der Waals surface area (Å²) in [5.41, 5.74) is 8.56. The monoisotopic (exact) mass is 210 g/mol. The number of rotatable bonds is 0. The molecule has 2 aromatic heterocycles. The molecule has 16 heavy (non-hydrogen) atoms. The lowest BCUT2D eigenvalue weighted by Crippen LogP contribution is -1.95. The van der Waals surface area contributed by atoms with Crippen LogP contribution in [0, 0.1) is 6.92 Å². The largest absolute Gasteiger partial charge is 0.383 e. The number of hydrogen-bond donors (Lipinski definition) is 1. The van der Waals surface area contributed by atoms with Crippen LogP contribution in [-0.2, 0) is 0 Å². The minimum Gasteiger partial charge on any atom is -0.383 e. The Morgan fingerprint density at radius 1 is 1.12 bits per heavy atom. The zero-order valence-corrected chi connectivity index (χ0v) is 8.81. The van der Waals surface area contributed by atoms with Crippen LogP contribution in [-0.4, -0.2) is 15.0 Å². The van der Waals surface area contributed by atoms with Crippen molar-refractivity contribution in [3.05, 3.63) is 36.2 Å². The van der Waals surface area contributed by atoms with Crippen LogP contribution in [0.5, 0.6) is 0 Å². The second kappa shape index (κ2) is 3.13. The maximum absolute atomic E-state index is 5.79. The van der Waals surface area contributed by atoms with Gasteiger partial charge in [0, 0.05) is 5.39 Å². The van der Waals surface area contributed by atoms with Crippen molar-refractivity contribution < 1.29 is 0 Å². The van der Waals surface area contributed by atoms with Crippen LogP contribution in [0.3, 0.4) is 0 Å². The highest BCUT2D eigenvalue weighted by molar-refractivity contribution is 5.95. The Bertz CT molecular complexity index is 691. The summed E-state index contributed by atoms with van der Waals surface area (Å²) in [6, 6.07) is 8.09. The fourth-order valence-corrected chi connectivity index (χ4v) is 1.79. The summed E-state index contributed by atoms with van der Waals surface area (Å²) in [5, 5.41) is 1.87. The Morgan fingerprint density at radius 2 is 2.00 bits per heavy atom. The first kappa shape index (κ1) is 9.03. The van der Waals surface area contributed by atoms with Gasteiger partial charge in [0.25, 0.3) is 0 Å². The average molecular weight is 210 g/mol. The molecular formula is C12H10N4. The van der Waals surface area contributed by atoms with Crippen molar-refractivity contribution in [3.8, 4) is 0 Å². The lowest BCUT2D eigenvalue weighted by atomic mass is 10.1. The number of pyridine rings is 1. The molecule has 3 rings (SSSR count). The summed E-state index contributed by atoms with van der Waals surface area (Å²) in [6.07, 6.45) is 1.44. The molecule has 1 aromatic carbocycles. The number of aromatic nitrogens is 3. The van der Waals surface area contributed by atoms with Gasteiger partial charge in [0.15, 0.2) is 5.65 Å². The number of aryl methyl sites for hydroxylation is 1. The van der Waals surface area contributed by atoms with Gasteiger partial charge in [0.05, 0.1) is 10.9 Å². The zero-order valence-electron chi connectivity index (χ0n) is 8.81. The van der Waals surface area contributed by atoms with Crippen molar-refractivity contribution in [2.45, 2.75) is 6.92 Å². The normalized spacial score (nSPS) is 11.1. The maximum Gasteiger partial charge on any atom is 0.165 e. The van der Waals surface area contributed by atoms with Crippen LogP contribution < -0.4 is 5.73 Å². The van der Waals surface area contributed by atoms with Gasteiger partial charge in [-0.3, -0.25) is 0 Å². The molecule has 4 heteroatoms. The molecule has 0 aliphatic carbocycles. The van der Waals surface area contributed by atoms with Crippen molar-refractivity contribution >= 4 is 27.8 Å². The van der Waals surface area contributed by atoms with E-state index in [0.29, 0.717) is 11.5 Å². The molecule has 0 radical (unpaired) electrons. The van der Waals surface area contributed by atoms with Crippen molar-refractivity contribution in [2.75, 3.05) is 5.73 Å². The highest BCUT2D eigenvalue weighted by Crippen LogP contribution is 2.21. The van der Waals surface area contributed by atoms with Gasteiger partial charge in [0.2, 0.25) is 0 Å². The molecule has 0 spiro atoms. The first-order valence-corrected chi connectivity index (χ1v) is 5.01. The summed E-state index contributed by atoms with van der Waals surface area (Å²) in [7, 11) is 0. The van der Waals surface area contributed by atoms with E-state index in [4.69, 9.17) is 5.73 Å². The Balaban J connectivity index is 2.49. The predicted octanol–water partition coefficient (Wildman–Crippen LogP) is 2.07. The smallest absolute Gasteiger partial charge is 0.165 e. The standard InChI is InChI=1S/C12H10N4/c1-7-2-3-10-8(4-7)5-9-11(13)14-6-15-12(9)16-10/h2-6H,1H3,(H2,13,14,15,16). The quantitative estimate of drug-likeness (QED) is 0.577. The topological polar surface area (TPSA) is 64.7 Å². The van der Waals surface area contributed by atoms with Gasteiger partial charge in [-0.25, -0.2) is 15.0 Å². The first-order valence-electron chi connectivity index (χ1n) is 5.01. The third kappa shape index (κ3) is 1.27. The molecule has 0 atom stereocenters. The Labute approximate surface area is 92.2 Å². The van der Waals surface area contributed by atoms with E-state index in [-0.39, 0.29) is 0 Å². The average Bonchev–Trinajstić information content (AvgIpc) is 2.28. The van der Waals surface area contributed by atoms with Crippen LogP contribution in [0.15, 0.2) is 30.6 Å². The molecule has 3 aromatic rings. The molecule has 2 heterocycles. The Morgan fingerprint density at radius 3 is 2.88 bits per heavy atom. The molecule has 4 nitrogen and oxygen atoms in total. The van der Waals surface area contributed by atoms with E-state index in [1.54, 1.807) is 0 Å². The number of nitrogens with zero attached hydrogens (tertiary/aromatic N) is 3. The molecule has 0 saturated carbocycles. The van der Waals surface area contributed by atoms with Gasteiger partial charge in [-0.1, -0.05) is 11.6 Å². The molecule has 0 aliphatic heterocycles. The van der Waals surface area contributed by atoms with Gasteiger partial charge in [0.1, 0.15) is 12.1 Å². The highest BCUT2D eigenvalue weighted by atomic mass is 15.0. The van der Waals surface area contributed by atoms with Gasteiger partial charge >= 0.3 is 0 Å². The minimum absolute atomic E-state index is 0.473. The molecule has 0 unspecified atom stereocenters. The molecule has 0 fully saturated rings. The van der Waals surface area contributed by atoms with E-state index in [1.165, 1.54) is 11.9 Å². The summed E-state index contributed by atoms with van der Waals surface area (Å²) in [5.74, 6) is 0.473. The van der Waals surface area contributed by atoms with E-state index in [9.17, 15) is 0 Å². The lowest BCUT2D eigenvalue weighted by molar-refractivity contribution is 1.20. The molecule has 0 bridgehead atoms. The summed E-state index contributed by atoms with van der Waals surface area (Å²) < 4.78 is 0. The number of anilines is 1. The molecule has 0 amide bonds.